The summed E-state index contributed by atoms with van der Waals surface area (Å²) in [6.07, 6.45) is 0. The number of morpholine rings is 1. The van der Waals surface area contributed by atoms with Gasteiger partial charge >= 0.3 is 0 Å². The SMILES string of the molecule is O=C(COc1ccc(Cl)c2ccccc12)Nc1ccc(Cl)c(S(=O)(=O)N2CCOCC2)c1. The summed E-state index contributed by atoms with van der Waals surface area (Å²) in [6.45, 7) is 0.879. The number of nitrogens with one attached hydrogen (secondary N) is 1. The smallest absolute Gasteiger partial charge is 0.262 e. The number of hydrogen-bond acceptors (Lipinski definition) is 5. The topological polar surface area (TPSA) is 84.9 Å². The fourth-order valence-electron chi connectivity index (χ4n) is 3.41. The van der Waals surface area contributed by atoms with Gasteiger partial charge in [-0.3, -0.25) is 4.79 Å². The lowest BCUT2D eigenvalue weighted by atomic mass is 10.1. The zero-order valence-electron chi connectivity index (χ0n) is 16.9. The Morgan fingerprint density at radius 2 is 1.69 bits per heavy atom. The molecule has 3 aromatic rings. The van der Waals surface area contributed by atoms with Gasteiger partial charge in [0.15, 0.2) is 6.61 Å². The van der Waals surface area contributed by atoms with Gasteiger partial charge in [0.25, 0.3) is 5.91 Å². The highest BCUT2D eigenvalue weighted by molar-refractivity contribution is 7.89. The van der Waals surface area contributed by atoms with Gasteiger partial charge in [-0.15, -0.1) is 0 Å². The minimum atomic E-state index is -3.81. The van der Waals surface area contributed by atoms with Crippen molar-refractivity contribution in [2.75, 3.05) is 38.2 Å². The van der Waals surface area contributed by atoms with Crippen LogP contribution < -0.4 is 10.1 Å². The standard InChI is InChI=1S/C22H20Cl2N2O5S/c23-18-7-8-20(17-4-2-1-3-16(17)18)31-14-22(27)25-15-5-6-19(24)21(13-15)32(28,29)26-9-11-30-12-10-26/h1-8,13H,9-12,14H2,(H,25,27). The molecule has 10 heteroatoms. The van der Waals surface area contributed by atoms with Crippen molar-refractivity contribution in [2.24, 2.45) is 0 Å². The molecule has 1 saturated heterocycles. The summed E-state index contributed by atoms with van der Waals surface area (Å²) < 4.78 is 38.1. The van der Waals surface area contributed by atoms with Gasteiger partial charge in [-0.1, -0.05) is 47.5 Å². The van der Waals surface area contributed by atoms with E-state index in [0.29, 0.717) is 29.7 Å². The molecule has 4 rings (SSSR count). The van der Waals surface area contributed by atoms with E-state index in [1.165, 1.54) is 22.5 Å². The van der Waals surface area contributed by atoms with Crippen LogP contribution in [0.25, 0.3) is 10.8 Å². The van der Waals surface area contributed by atoms with E-state index < -0.39 is 15.9 Å². The molecule has 0 aromatic heterocycles. The number of rotatable bonds is 6. The van der Waals surface area contributed by atoms with E-state index >= 15 is 0 Å². The quantitative estimate of drug-likeness (QED) is 0.555. The second-order valence-corrected chi connectivity index (χ2v) is 9.81. The second-order valence-electron chi connectivity index (χ2n) is 7.09. The van der Waals surface area contributed by atoms with Gasteiger partial charge < -0.3 is 14.8 Å². The number of hydrogen-bond donors (Lipinski definition) is 1. The third-order valence-corrected chi connectivity index (χ3v) is 7.70. The Kier molecular flexibility index (Phi) is 6.88. The Labute approximate surface area is 195 Å². The van der Waals surface area contributed by atoms with Crippen LogP contribution in [-0.2, 0) is 19.6 Å². The van der Waals surface area contributed by atoms with Crippen molar-refractivity contribution in [3.8, 4) is 5.75 Å². The average molecular weight is 495 g/mol. The number of amides is 1. The summed E-state index contributed by atoms with van der Waals surface area (Å²) >= 11 is 12.4. The van der Waals surface area contributed by atoms with E-state index in [9.17, 15) is 13.2 Å². The predicted molar refractivity (Wildman–Crippen MR) is 124 cm³/mol. The summed E-state index contributed by atoms with van der Waals surface area (Å²) in [6, 6.07) is 15.2. The molecule has 0 unspecified atom stereocenters. The van der Waals surface area contributed by atoms with Gasteiger partial charge in [-0.05, 0) is 30.3 Å². The molecule has 1 fully saturated rings. The van der Waals surface area contributed by atoms with Crippen molar-refractivity contribution in [3.05, 3.63) is 64.6 Å². The lowest BCUT2D eigenvalue weighted by molar-refractivity contribution is -0.118. The van der Waals surface area contributed by atoms with Crippen LogP contribution in [0.5, 0.6) is 5.75 Å². The van der Waals surface area contributed by atoms with Gasteiger partial charge in [-0.25, -0.2) is 8.42 Å². The van der Waals surface area contributed by atoms with Crippen LogP contribution in [0.3, 0.4) is 0 Å². The molecule has 0 radical (unpaired) electrons. The fourth-order valence-corrected chi connectivity index (χ4v) is 5.54. The molecule has 3 aromatic carbocycles. The highest BCUT2D eigenvalue weighted by atomic mass is 35.5. The lowest BCUT2D eigenvalue weighted by Gasteiger charge is -2.26. The van der Waals surface area contributed by atoms with Crippen molar-refractivity contribution in [2.45, 2.75) is 4.90 Å². The van der Waals surface area contributed by atoms with E-state index in [1.54, 1.807) is 12.1 Å². The van der Waals surface area contributed by atoms with Gasteiger partial charge in [0.05, 0.1) is 18.2 Å². The van der Waals surface area contributed by atoms with Crippen LogP contribution in [-0.4, -0.2) is 51.5 Å². The third kappa shape index (κ3) is 4.84. The molecule has 1 heterocycles. The van der Waals surface area contributed by atoms with Crippen molar-refractivity contribution in [3.63, 3.8) is 0 Å². The van der Waals surface area contributed by atoms with E-state index in [4.69, 9.17) is 32.7 Å². The maximum Gasteiger partial charge on any atom is 0.262 e. The Bertz CT molecular complexity index is 1260. The number of ether oxygens (including phenoxy) is 2. The molecule has 0 atom stereocenters. The molecule has 1 amide bonds. The Morgan fingerprint density at radius 3 is 2.44 bits per heavy atom. The number of benzene rings is 3. The molecule has 0 aliphatic carbocycles. The number of anilines is 1. The number of halogens is 2. The molecule has 0 bridgehead atoms. The lowest BCUT2D eigenvalue weighted by Crippen LogP contribution is -2.40. The van der Waals surface area contributed by atoms with Gasteiger partial charge in [-0.2, -0.15) is 4.31 Å². The minimum Gasteiger partial charge on any atom is -0.483 e. The first-order valence-corrected chi connectivity index (χ1v) is 12.0. The minimum absolute atomic E-state index is 0.0662. The predicted octanol–water partition coefficient (Wildman–Crippen LogP) is 4.19. The van der Waals surface area contributed by atoms with Crippen LogP contribution >= 0.6 is 23.2 Å². The molecule has 7 nitrogen and oxygen atoms in total. The molecular formula is C22H20Cl2N2O5S. The normalized spacial score (nSPS) is 14.9. The number of nitrogens with zero attached hydrogens (tertiary/aromatic N) is 1. The first-order chi connectivity index (χ1) is 15.4. The highest BCUT2D eigenvalue weighted by Gasteiger charge is 2.28. The summed E-state index contributed by atoms with van der Waals surface area (Å²) in [7, 11) is -3.81. The first-order valence-electron chi connectivity index (χ1n) is 9.83. The van der Waals surface area contributed by atoms with Crippen LogP contribution in [0.4, 0.5) is 5.69 Å². The monoisotopic (exact) mass is 494 g/mol. The third-order valence-electron chi connectivity index (χ3n) is 4.99. The summed E-state index contributed by atoms with van der Waals surface area (Å²) in [5.74, 6) is 0.0768. The molecule has 168 valence electrons. The van der Waals surface area contributed by atoms with E-state index in [0.717, 1.165) is 10.8 Å². The molecular weight excluding hydrogens is 475 g/mol. The average Bonchev–Trinajstić information content (AvgIpc) is 2.80. The van der Waals surface area contributed by atoms with Crippen molar-refractivity contribution in [1.29, 1.82) is 0 Å². The molecule has 0 saturated carbocycles. The molecule has 1 aliphatic rings. The van der Waals surface area contributed by atoms with E-state index in [1.807, 2.05) is 24.3 Å². The van der Waals surface area contributed by atoms with E-state index in [-0.39, 0.29) is 29.6 Å². The molecule has 1 aliphatic heterocycles. The second kappa shape index (κ2) is 9.64. The van der Waals surface area contributed by atoms with Gasteiger partial charge in [0, 0.05) is 34.6 Å². The summed E-state index contributed by atoms with van der Waals surface area (Å²) in [5.41, 5.74) is 0.302. The van der Waals surface area contributed by atoms with Crippen molar-refractivity contribution in [1.82, 2.24) is 4.31 Å². The van der Waals surface area contributed by atoms with Crippen LogP contribution in [0.1, 0.15) is 0 Å². The maximum atomic E-state index is 12.9. The molecule has 32 heavy (non-hydrogen) atoms. The van der Waals surface area contributed by atoms with Gasteiger partial charge in [0.2, 0.25) is 10.0 Å². The zero-order valence-corrected chi connectivity index (χ0v) is 19.2. The highest BCUT2D eigenvalue weighted by Crippen LogP contribution is 2.31. The Balaban J connectivity index is 1.47. The maximum absolute atomic E-state index is 12.9. The summed E-state index contributed by atoms with van der Waals surface area (Å²) in [5, 5.41) is 4.94. The van der Waals surface area contributed by atoms with Crippen molar-refractivity contribution < 1.29 is 22.7 Å². The first kappa shape index (κ1) is 22.8. The van der Waals surface area contributed by atoms with Crippen LogP contribution in [0.2, 0.25) is 10.0 Å². The number of carbonyl (C=O) groups excluding carboxylic acids is 1. The van der Waals surface area contributed by atoms with Gasteiger partial charge in [0.1, 0.15) is 10.6 Å². The molecule has 1 N–H and O–H groups in total. The number of carbonyl (C=O) groups is 1. The fraction of sp³-hybridized carbons (Fsp3) is 0.227. The van der Waals surface area contributed by atoms with Crippen LogP contribution in [0, 0.1) is 0 Å². The van der Waals surface area contributed by atoms with Crippen molar-refractivity contribution >= 4 is 55.6 Å². The number of sulfonamides is 1. The number of fused-ring (bicyclic) bond motifs is 1. The zero-order chi connectivity index (χ0) is 22.7. The summed E-state index contributed by atoms with van der Waals surface area (Å²) in [4.78, 5) is 12.4. The van der Waals surface area contributed by atoms with Crippen LogP contribution in [0.15, 0.2) is 59.5 Å². The van der Waals surface area contributed by atoms with E-state index in [2.05, 4.69) is 5.32 Å². The Morgan fingerprint density at radius 1 is 1.00 bits per heavy atom. The molecule has 0 spiro atoms. The Hall–Kier alpha value is -2.36. The largest absolute Gasteiger partial charge is 0.483 e.